The quantitative estimate of drug-likeness (QED) is 0.163. The SMILES string of the molecule is CC1(C)c2ccccc2-c2ccc(-c3ccc(N(c4ccc5c(c4)c4ccccc4n5-c4ccc(F)cc4)c4ccc5c(c4)c4ccccc4n5-c4ccc(F)cc4)cc3)cc21. The van der Waals surface area contributed by atoms with Gasteiger partial charge in [0.2, 0.25) is 0 Å². The molecule has 62 heavy (non-hydrogen) atoms. The van der Waals surface area contributed by atoms with Gasteiger partial charge in [-0.15, -0.1) is 0 Å². The number of nitrogens with zero attached hydrogens (tertiary/aromatic N) is 3. The Morgan fingerprint density at radius 3 is 1.39 bits per heavy atom. The van der Waals surface area contributed by atoms with Crippen LogP contribution in [0.1, 0.15) is 25.0 Å². The van der Waals surface area contributed by atoms with Gasteiger partial charge in [0.05, 0.1) is 22.1 Å². The molecule has 0 unspecified atom stereocenters. The van der Waals surface area contributed by atoms with Crippen LogP contribution in [0.15, 0.2) is 200 Å². The molecular weight excluding hydrogens is 765 g/mol. The number of hydrogen-bond donors (Lipinski definition) is 0. The Bertz CT molecular complexity index is 3390. The number of aromatic nitrogens is 2. The number of rotatable bonds is 6. The standard InChI is InChI=1S/C57H39F2N3/c1-57(2)51-12-6-3-9-45(51)46-30-17-37(33-52(46)57)36-15-22-40(23-16-36)60(43-28-31-55-49(34-43)47-10-4-7-13-53(47)61(55)41-24-18-38(58)19-25-41)44-29-32-56-50(35-44)48-11-5-8-14-54(48)62(56)42-26-20-39(59)21-27-42/h3-35H,1-2H3. The predicted molar refractivity (Wildman–Crippen MR) is 253 cm³/mol. The molecule has 0 saturated heterocycles. The Morgan fingerprint density at radius 1 is 0.371 bits per heavy atom. The van der Waals surface area contributed by atoms with E-state index in [4.69, 9.17) is 0 Å². The van der Waals surface area contributed by atoms with E-state index in [1.165, 1.54) is 52.1 Å². The van der Waals surface area contributed by atoms with Crippen molar-refractivity contribution in [3.8, 4) is 33.6 Å². The summed E-state index contributed by atoms with van der Waals surface area (Å²) in [5, 5.41) is 4.42. The monoisotopic (exact) mass is 803 g/mol. The van der Waals surface area contributed by atoms with Crippen LogP contribution in [-0.2, 0) is 5.41 Å². The molecular formula is C57H39F2N3. The van der Waals surface area contributed by atoms with Crippen molar-refractivity contribution in [2.24, 2.45) is 0 Å². The molecule has 0 fully saturated rings. The van der Waals surface area contributed by atoms with Crippen molar-refractivity contribution >= 4 is 60.7 Å². The molecule has 0 spiro atoms. The van der Waals surface area contributed by atoms with Gasteiger partial charge in [-0.05, 0) is 149 Å². The molecule has 5 heteroatoms. The zero-order valence-electron chi connectivity index (χ0n) is 34.2. The van der Waals surface area contributed by atoms with E-state index < -0.39 is 0 Å². The molecule has 9 aromatic carbocycles. The molecule has 0 amide bonds. The second-order valence-electron chi connectivity index (χ2n) is 16.9. The van der Waals surface area contributed by atoms with Crippen LogP contribution in [0.5, 0.6) is 0 Å². The molecule has 2 heterocycles. The molecule has 2 aromatic heterocycles. The highest BCUT2D eigenvalue weighted by Crippen LogP contribution is 2.50. The Morgan fingerprint density at radius 2 is 0.823 bits per heavy atom. The summed E-state index contributed by atoms with van der Waals surface area (Å²) in [6.07, 6.45) is 0. The van der Waals surface area contributed by atoms with Gasteiger partial charge >= 0.3 is 0 Å². The molecule has 11 aromatic rings. The van der Waals surface area contributed by atoms with Crippen molar-refractivity contribution in [2.75, 3.05) is 4.90 Å². The maximum absolute atomic E-state index is 14.1. The normalized spacial score (nSPS) is 13.0. The molecule has 0 aliphatic heterocycles. The van der Waals surface area contributed by atoms with Gasteiger partial charge in [-0.25, -0.2) is 8.78 Å². The van der Waals surface area contributed by atoms with Gasteiger partial charge in [0, 0.05) is 55.4 Å². The average Bonchev–Trinajstić information content (AvgIpc) is 3.90. The number of hydrogen-bond acceptors (Lipinski definition) is 1. The highest BCUT2D eigenvalue weighted by molar-refractivity contribution is 6.12. The summed E-state index contributed by atoms with van der Waals surface area (Å²) < 4.78 is 32.7. The summed E-state index contributed by atoms with van der Waals surface area (Å²) >= 11 is 0. The van der Waals surface area contributed by atoms with E-state index in [0.717, 1.165) is 77.6 Å². The molecule has 0 bridgehead atoms. The fraction of sp³-hybridized carbons (Fsp3) is 0.0526. The second-order valence-corrected chi connectivity index (χ2v) is 16.9. The summed E-state index contributed by atoms with van der Waals surface area (Å²) in [6, 6.07) is 68.1. The lowest BCUT2D eigenvalue weighted by Crippen LogP contribution is -2.14. The van der Waals surface area contributed by atoms with Crippen molar-refractivity contribution in [3.63, 3.8) is 0 Å². The van der Waals surface area contributed by atoms with Crippen LogP contribution in [-0.4, -0.2) is 9.13 Å². The first kappa shape index (κ1) is 36.1. The molecule has 296 valence electrons. The average molecular weight is 804 g/mol. The Hall–Kier alpha value is -7.76. The fourth-order valence-corrected chi connectivity index (χ4v) is 10.1. The Kier molecular flexibility index (Phi) is 7.94. The van der Waals surface area contributed by atoms with E-state index in [-0.39, 0.29) is 17.0 Å². The minimum atomic E-state index is -0.262. The predicted octanol–water partition coefficient (Wildman–Crippen LogP) is 15.6. The maximum Gasteiger partial charge on any atom is 0.123 e. The third-order valence-corrected chi connectivity index (χ3v) is 13.0. The Labute approximate surface area is 358 Å². The van der Waals surface area contributed by atoms with E-state index in [9.17, 15) is 8.78 Å². The van der Waals surface area contributed by atoms with E-state index in [2.05, 4.69) is 180 Å². The molecule has 1 aliphatic carbocycles. The van der Waals surface area contributed by atoms with E-state index >= 15 is 0 Å². The fourth-order valence-electron chi connectivity index (χ4n) is 10.1. The molecule has 0 N–H and O–H groups in total. The first-order valence-electron chi connectivity index (χ1n) is 21.1. The number of benzene rings is 9. The van der Waals surface area contributed by atoms with Crippen LogP contribution in [0.25, 0.3) is 77.2 Å². The third kappa shape index (κ3) is 5.48. The summed E-state index contributed by atoms with van der Waals surface area (Å²) in [4.78, 5) is 2.33. The Balaban J connectivity index is 1.03. The maximum atomic E-state index is 14.1. The molecule has 0 saturated carbocycles. The lowest BCUT2D eigenvalue weighted by molar-refractivity contribution is 0.627. The van der Waals surface area contributed by atoms with Crippen LogP contribution in [0.3, 0.4) is 0 Å². The topological polar surface area (TPSA) is 13.1 Å². The van der Waals surface area contributed by atoms with Gasteiger partial charge in [-0.1, -0.05) is 98.8 Å². The molecule has 0 atom stereocenters. The first-order chi connectivity index (χ1) is 30.3. The van der Waals surface area contributed by atoms with Gasteiger partial charge in [-0.2, -0.15) is 0 Å². The van der Waals surface area contributed by atoms with Crippen molar-refractivity contribution in [2.45, 2.75) is 19.3 Å². The van der Waals surface area contributed by atoms with Crippen LogP contribution in [0, 0.1) is 11.6 Å². The lowest BCUT2D eigenvalue weighted by atomic mass is 9.81. The van der Waals surface area contributed by atoms with E-state index in [1.54, 1.807) is 0 Å². The summed E-state index contributed by atoms with van der Waals surface area (Å²) in [6.45, 7) is 4.65. The molecule has 1 aliphatic rings. The van der Waals surface area contributed by atoms with Crippen LogP contribution in [0.2, 0.25) is 0 Å². The number of fused-ring (bicyclic) bond motifs is 9. The van der Waals surface area contributed by atoms with Crippen LogP contribution >= 0.6 is 0 Å². The lowest BCUT2D eigenvalue weighted by Gasteiger charge is -2.26. The first-order valence-corrected chi connectivity index (χ1v) is 21.1. The highest BCUT2D eigenvalue weighted by atomic mass is 19.1. The smallest absolute Gasteiger partial charge is 0.123 e. The minimum absolute atomic E-state index is 0.0877. The van der Waals surface area contributed by atoms with E-state index in [1.807, 2.05) is 24.3 Å². The number of halogens is 2. The van der Waals surface area contributed by atoms with Crippen molar-refractivity contribution in [3.05, 3.63) is 223 Å². The highest BCUT2D eigenvalue weighted by Gasteiger charge is 2.35. The zero-order chi connectivity index (χ0) is 41.7. The third-order valence-electron chi connectivity index (χ3n) is 13.0. The van der Waals surface area contributed by atoms with Gasteiger partial charge in [0.1, 0.15) is 11.6 Å². The second kappa shape index (κ2) is 13.6. The van der Waals surface area contributed by atoms with Gasteiger partial charge < -0.3 is 14.0 Å². The van der Waals surface area contributed by atoms with Crippen LogP contribution in [0.4, 0.5) is 25.8 Å². The van der Waals surface area contributed by atoms with Gasteiger partial charge in [0.15, 0.2) is 0 Å². The van der Waals surface area contributed by atoms with Crippen LogP contribution < -0.4 is 4.90 Å². The molecule has 3 nitrogen and oxygen atoms in total. The van der Waals surface area contributed by atoms with Gasteiger partial charge in [-0.3, -0.25) is 0 Å². The largest absolute Gasteiger partial charge is 0.310 e. The van der Waals surface area contributed by atoms with Crippen molar-refractivity contribution in [1.82, 2.24) is 9.13 Å². The van der Waals surface area contributed by atoms with Crippen molar-refractivity contribution in [1.29, 1.82) is 0 Å². The number of anilines is 3. The van der Waals surface area contributed by atoms with Gasteiger partial charge in [0.25, 0.3) is 0 Å². The summed E-state index contributed by atoms with van der Waals surface area (Å²) in [7, 11) is 0. The van der Waals surface area contributed by atoms with E-state index in [0.29, 0.717) is 0 Å². The molecule has 12 rings (SSSR count). The minimum Gasteiger partial charge on any atom is -0.310 e. The number of para-hydroxylation sites is 2. The van der Waals surface area contributed by atoms with Crippen molar-refractivity contribution < 1.29 is 8.78 Å². The molecule has 0 radical (unpaired) electrons. The summed E-state index contributed by atoms with van der Waals surface area (Å²) in [5.74, 6) is -0.524. The summed E-state index contributed by atoms with van der Waals surface area (Å²) in [5.41, 5.74) is 16.6. The zero-order valence-corrected chi connectivity index (χ0v) is 34.2.